The number of carbonyl (C=O) groups excluding carboxylic acids is 1. The van der Waals surface area contributed by atoms with Gasteiger partial charge in [0, 0.05) is 6.07 Å². The van der Waals surface area contributed by atoms with Gasteiger partial charge in [0.1, 0.15) is 0 Å². The van der Waals surface area contributed by atoms with Crippen molar-refractivity contribution in [3.05, 3.63) is 47.3 Å². The zero-order valence-electron chi connectivity index (χ0n) is 11.5. The highest BCUT2D eigenvalue weighted by molar-refractivity contribution is 7.89. The fraction of sp³-hybridized carbons (Fsp3) is 0.231. The molecular weight excluding hydrogens is 294 g/mol. The molecule has 1 atom stereocenters. The Morgan fingerprint density at radius 2 is 1.95 bits per heavy atom. The Hall–Kier alpha value is -2.19. The predicted octanol–water partition coefficient (Wildman–Crippen LogP) is 1.12. The number of nitrogens with two attached hydrogens (primary N) is 1. The first-order valence-electron chi connectivity index (χ1n) is 6.14. The van der Waals surface area contributed by atoms with E-state index < -0.39 is 15.9 Å². The van der Waals surface area contributed by atoms with Gasteiger partial charge >= 0.3 is 0 Å². The number of nitrogens with one attached hydrogen (secondary N) is 1. The van der Waals surface area contributed by atoms with Crippen LogP contribution in [0.1, 0.15) is 34.8 Å². The van der Waals surface area contributed by atoms with Gasteiger partial charge in [0.05, 0.1) is 16.6 Å². The second kappa shape index (κ2) is 5.66. The molecule has 21 heavy (non-hydrogen) atoms. The summed E-state index contributed by atoms with van der Waals surface area (Å²) in [6.07, 6.45) is 0. The minimum atomic E-state index is -3.72. The van der Waals surface area contributed by atoms with Gasteiger partial charge in [-0.2, -0.15) is 0 Å². The molecule has 3 N–H and O–H groups in total. The van der Waals surface area contributed by atoms with Crippen LogP contribution in [0.4, 0.5) is 0 Å². The van der Waals surface area contributed by atoms with Crippen LogP contribution in [-0.4, -0.2) is 19.5 Å². The Bertz CT molecular complexity index is 750. The summed E-state index contributed by atoms with van der Waals surface area (Å²) in [7, 11) is -3.72. The van der Waals surface area contributed by atoms with E-state index in [4.69, 9.17) is 9.66 Å². The number of hydrogen-bond acceptors (Lipinski definition) is 5. The van der Waals surface area contributed by atoms with Gasteiger partial charge < -0.3 is 9.84 Å². The van der Waals surface area contributed by atoms with Crippen molar-refractivity contribution in [1.82, 2.24) is 10.5 Å². The number of benzene rings is 1. The van der Waals surface area contributed by atoms with Crippen molar-refractivity contribution in [2.24, 2.45) is 5.14 Å². The molecule has 0 aliphatic rings. The normalized spacial score (nSPS) is 12.9. The molecule has 1 unspecified atom stereocenters. The second-order valence-corrected chi connectivity index (χ2v) is 6.20. The highest BCUT2D eigenvalue weighted by atomic mass is 32.2. The molecule has 2 aromatic rings. The lowest BCUT2D eigenvalue weighted by Crippen LogP contribution is -2.26. The summed E-state index contributed by atoms with van der Waals surface area (Å²) >= 11 is 0. The number of carbonyl (C=O) groups is 1. The van der Waals surface area contributed by atoms with E-state index in [0.29, 0.717) is 5.69 Å². The summed E-state index contributed by atoms with van der Waals surface area (Å²) in [5, 5.41) is 11.4. The van der Waals surface area contributed by atoms with Crippen LogP contribution in [0.15, 0.2) is 39.8 Å². The van der Waals surface area contributed by atoms with Crippen LogP contribution in [0, 0.1) is 6.92 Å². The number of aryl methyl sites for hydroxylation is 1. The number of primary sulfonamides is 1. The third-order valence-electron chi connectivity index (χ3n) is 2.91. The fourth-order valence-corrected chi connectivity index (χ4v) is 2.28. The van der Waals surface area contributed by atoms with Crippen LogP contribution >= 0.6 is 0 Å². The van der Waals surface area contributed by atoms with Crippen molar-refractivity contribution >= 4 is 15.9 Å². The summed E-state index contributed by atoms with van der Waals surface area (Å²) in [5.74, 6) is -0.265. The molecule has 1 heterocycles. The topological polar surface area (TPSA) is 115 Å². The Morgan fingerprint density at radius 1 is 1.33 bits per heavy atom. The van der Waals surface area contributed by atoms with Crippen LogP contribution in [0.2, 0.25) is 0 Å². The van der Waals surface area contributed by atoms with Crippen LogP contribution < -0.4 is 10.5 Å². The number of hydrogen-bond donors (Lipinski definition) is 2. The van der Waals surface area contributed by atoms with Gasteiger partial charge in [-0.15, -0.1) is 0 Å². The molecule has 0 saturated carbocycles. The average Bonchev–Trinajstić information content (AvgIpc) is 2.84. The molecule has 1 aromatic heterocycles. The molecule has 8 heteroatoms. The van der Waals surface area contributed by atoms with Crippen molar-refractivity contribution in [2.75, 3.05) is 0 Å². The molecule has 0 bridgehead atoms. The Labute approximate surface area is 122 Å². The minimum absolute atomic E-state index is 0.0237. The standard InChI is InChI=1S/C13H15N3O4S/c1-8-7-12(20-16-8)13(17)15-9(2)10-3-5-11(6-4-10)21(14,18)19/h3-7,9H,1-2H3,(H,15,17)(H2,14,18,19). The van der Waals surface area contributed by atoms with E-state index in [1.54, 1.807) is 26.0 Å². The van der Waals surface area contributed by atoms with E-state index in [1.807, 2.05) is 0 Å². The van der Waals surface area contributed by atoms with Crippen LogP contribution in [0.25, 0.3) is 0 Å². The van der Waals surface area contributed by atoms with Gasteiger partial charge in [0.25, 0.3) is 5.91 Å². The molecule has 2 rings (SSSR count). The molecule has 0 spiro atoms. The lowest BCUT2D eigenvalue weighted by Gasteiger charge is -2.13. The highest BCUT2D eigenvalue weighted by Gasteiger charge is 2.16. The Balaban J connectivity index is 2.10. The van der Waals surface area contributed by atoms with Gasteiger partial charge in [0.15, 0.2) is 0 Å². The average molecular weight is 309 g/mol. The molecule has 0 aliphatic carbocycles. The predicted molar refractivity (Wildman–Crippen MR) is 74.9 cm³/mol. The zero-order chi connectivity index (χ0) is 15.6. The molecule has 1 aromatic carbocycles. The maximum atomic E-state index is 11.9. The largest absolute Gasteiger partial charge is 0.351 e. The third-order valence-corrected chi connectivity index (χ3v) is 3.84. The van der Waals surface area contributed by atoms with Gasteiger partial charge in [0.2, 0.25) is 15.8 Å². The number of nitrogens with zero attached hydrogens (tertiary/aromatic N) is 1. The molecular formula is C13H15N3O4S. The molecule has 7 nitrogen and oxygen atoms in total. The van der Waals surface area contributed by atoms with Gasteiger partial charge in [-0.25, -0.2) is 13.6 Å². The SMILES string of the molecule is Cc1cc(C(=O)NC(C)c2ccc(S(N)(=O)=O)cc2)on1. The van der Waals surface area contributed by atoms with E-state index in [-0.39, 0.29) is 16.7 Å². The van der Waals surface area contributed by atoms with E-state index in [2.05, 4.69) is 10.5 Å². The molecule has 1 amide bonds. The van der Waals surface area contributed by atoms with Gasteiger partial charge in [-0.1, -0.05) is 17.3 Å². The maximum absolute atomic E-state index is 11.9. The van der Waals surface area contributed by atoms with Gasteiger partial charge in [-0.05, 0) is 31.5 Å². The van der Waals surface area contributed by atoms with Crippen molar-refractivity contribution in [3.63, 3.8) is 0 Å². The summed E-state index contributed by atoms with van der Waals surface area (Å²) in [6.45, 7) is 3.49. The van der Waals surface area contributed by atoms with Crippen molar-refractivity contribution in [1.29, 1.82) is 0 Å². The molecule has 0 saturated heterocycles. The highest BCUT2D eigenvalue weighted by Crippen LogP contribution is 2.16. The first kappa shape index (κ1) is 15.2. The Morgan fingerprint density at radius 3 is 2.43 bits per heavy atom. The summed E-state index contributed by atoms with van der Waals surface area (Å²) in [5.41, 5.74) is 1.36. The smallest absolute Gasteiger partial charge is 0.290 e. The second-order valence-electron chi connectivity index (χ2n) is 4.64. The van der Waals surface area contributed by atoms with Gasteiger partial charge in [-0.3, -0.25) is 4.79 Å². The van der Waals surface area contributed by atoms with E-state index in [9.17, 15) is 13.2 Å². The quantitative estimate of drug-likeness (QED) is 0.878. The molecule has 0 radical (unpaired) electrons. The zero-order valence-corrected chi connectivity index (χ0v) is 12.3. The van der Waals surface area contributed by atoms with Crippen molar-refractivity contribution in [3.8, 4) is 0 Å². The minimum Gasteiger partial charge on any atom is -0.351 e. The van der Waals surface area contributed by atoms with E-state index in [0.717, 1.165) is 5.56 Å². The number of amides is 1. The Kier molecular flexibility index (Phi) is 4.10. The van der Waals surface area contributed by atoms with Crippen LogP contribution in [0.5, 0.6) is 0 Å². The first-order chi connectivity index (χ1) is 9.77. The molecule has 112 valence electrons. The van der Waals surface area contributed by atoms with Crippen LogP contribution in [0.3, 0.4) is 0 Å². The van der Waals surface area contributed by atoms with Crippen molar-refractivity contribution in [2.45, 2.75) is 24.8 Å². The summed E-state index contributed by atoms with van der Waals surface area (Å²) in [6, 6.07) is 7.19. The third kappa shape index (κ3) is 3.67. The fourth-order valence-electron chi connectivity index (χ4n) is 1.77. The lowest BCUT2D eigenvalue weighted by atomic mass is 10.1. The number of rotatable bonds is 4. The van der Waals surface area contributed by atoms with E-state index >= 15 is 0 Å². The van der Waals surface area contributed by atoms with Crippen molar-refractivity contribution < 1.29 is 17.7 Å². The number of sulfonamides is 1. The molecule has 0 aliphatic heterocycles. The maximum Gasteiger partial charge on any atom is 0.290 e. The molecule has 0 fully saturated rings. The lowest BCUT2D eigenvalue weighted by molar-refractivity contribution is 0.0902. The summed E-state index contributed by atoms with van der Waals surface area (Å²) < 4.78 is 27.2. The first-order valence-corrected chi connectivity index (χ1v) is 7.69. The van der Waals surface area contributed by atoms with Crippen LogP contribution in [-0.2, 0) is 10.0 Å². The monoisotopic (exact) mass is 309 g/mol. The van der Waals surface area contributed by atoms with E-state index in [1.165, 1.54) is 18.2 Å². The summed E-state index contributed by atoms with van der Waals surface area (Å²) in [4.78, 5) is 11.9. The number of aromatic nitrogens is 1.